The van der Waals surface area contributed by atoms with E-state index < -0.39 is 0 Å². The SMILES string of the molecule is CCC(C)(CC)NCC(=O)Nc1cccc(OC)c1. The van der Waals surface area contributed by atoms with E-state index in [-0.39, 0.29) is 11.4 Å². The summed E-state index contributed by atoms with van der Waals surface area (Å²) in [4.78, 5) is 11.9. The minimum Gasteiger partial charge on any atom is -0.497 e. The van der Waals surface area contributed by atoms with Crippen LogP contribution >= 0.6 is 0 Å². The van der Waals surface area contributed by atoms with Gasteiger partial charge in [-0.05, 0) is 31.9 Å². The highest BCUT2D eigenvalue weighted by Gasteiger charge is 2.19. The number of carbonyl (C=O) groups is 1. The molecule has 0 aliphatic rings. The van der Waals surface area contributed by atoms with Crippen molar-refractivity contribution < 1.29 is 9.53 Å². The van der Waals surface area contributed by atoms with Crippen molar-refractivity contribution in [3.8, 4) is 5.75 Å². The fourth-order valence-corrected chi connectivity index (χ4v) is 1.70. The van der Waals surface area contributed by atoms with E-state index in [1.165, 1.54) is 0 Å². The summed E-state index contributed by atoms with van der Waals surface area (Å²) in [6, 6.07) is 7.35. The Kier molecular flexibility index (Phi) is 5.83. The Morgan fingerprint density at radius 1 is 1.32 bits per heavy atom. The van der Waals surface area contributed by atoms with Crippen LogP contribution in [0.5, 0.6) is 5.75 Å². The van der Waals surface area contributed by atoms with Gasteiger partial charge in [-0.1, -0.05) is 19.9 Å². The van der Waals surface area contributed by atoms with Crippen molar-refractivity contribution in [1.82, 2.24) is 5.32 Å². The summed E-state index contributed by atoms with van der Waals surface area (Å²) in [6.07, 6.45) is 1.99. The molecule has 0 fully saturated rings. The lowest BCUT2D eigenvalue weighted by atomic mass is 9.96. The van der Waals surface area contributed by atoms with Crippen LogP contribution in [0.2, 0.25) is 0 Å². The minimum atomic E-state index is -0.0404. The molecule has 0 aliphatic carbocycles. The quantitative estimate of drug-likeness (QED) is 0.796. The normalized spacial score (nSPS) is 11.2. The molecule has 0 unspecified atom stereocenters. The van der Waals surface area contributed by atoms with Crippen LogP contribution in [-0.4, -0.2) is 25.1 Å². The van der Waals surface area contributed by atoms with E-state index in [0.717, 1.165) is 24.3 Å². The van der Waals surface area contributed by atoms with Crippen LogP contribution in [0.25, 0.3) is 0 Å². The van der Waals surface area contributed by atoms with E-state index in [9.17, 15) is 4.79 Å². The summed E-state index contributed by atoms with van der Waals surface area (Å²) in [5.74, 6) is 0.694. The third-order valence-corrected chi connectivity index (χ3v) is 3.59. The monoisotopic (exact) mass is 264 g/mol. The van der Waals surface area contributed by atoms with E-state index in [2.05, 4.69) is 31.4 Å². The average molecular weight is 264 g/mol. The van der Waals surface area contributed by atoms with Crippen molar-refractivity contribution >= 4 is 11.6 Å². The van der Waals surface area contributed by atoms with E-state index in [0.29, 0.717) is 6.54 Å². The van der Waals surface area contributed by atoms with Crippen molar-refractivity contribution in [2.75, 3.05) is 19.0 Å². The molecule has 19 heavy (non-hydrogen) atoms. The van der Waals surface area contributed by atoms with Crippen LogP contribution in [0, 0.1) is 0 Å². The Hall–Kier alpha value is -1.55. The summed E-state index contributed by atoms with van der Waals surface area (Å²) in [7, 11) is 1.61. The number of ether oxygens (including phenoxy) is 1. The highest BCUT2D eigenvalue weighted by molar-refractivity contribution is 5.92. The van der Waals surface area contributed by atoms with Gasteiger partial charge in [0, 0.05) is 17.3 Å². The second-order valence-corrected chi connectivity index (χ2v) is 4.90. The number of hydrogen-bond acceptors (Lipinski definition) is 3. The molecule has 1 aromatic rings. The first-order valence-electron chi connectivity index (χ1n) is 6.72. The maximum atomic E-state index is 11.9. The lowest BCUT2D eigenvalue weighted by Gasteiger charge is -2.28. The molecule has 0 saturated carbocycles. The van der Waals surface area contributed by atoms with Gasteiger partial charge in [0.2, 0.25) is 5.91 Å². The van der Waals surface area contributed by atoms with Crippen LogP contribution in [0.1, 0.15) is 33.6 Å². The Morgan fingerprint density at radius 2 is 2.00 bits per heavy atom. The van der Waals surface area contributed by atoms with E-state index in [4.69, 9.17) is 4.74 Å². The fourth-order valence-electron chi connectivity index (χ4n) is 1.70. The maximum Gasteiger partial charge on any atom is 0.238 e. The van der Waals surface area contributed by atoms with Crippen LogP contribution < -0.4 is 15.4 Å². The molecule has 0 heterocycles. The Labute approximate surface area is 115 Å². The summed E-state index contributed by atoms with van der Waals surface area (Å²) in [5.41, 5.74) is 0.770. The number of hydrogen-bond donors (Lipinski definition) is 2. The van der Waals surface area contributed by atoms with Gasteiger partial charge in [-0.2, -0.15) is 0 Å². The van der Waals surface area contributed by atoms with Gasteiger partial charge in [0.25, 0.3) is 0 Å². The van der Waals surface area contributed by atoms with Crippen molar-refractivity contribution in [2.24, 2.45) is 0 Å². The van der Waals surface area contributed by atoms with Crippen molar-refractivity contribution in [1.29, 1.82) is 0 Å². The molecule has 1 amide bonds. The van der Waals surface area contributed by atoms with Crippen molar-refractivity contribution in [2.45, 2.75) is 39.2 Å². The predicted molar refractivity (Wildman–Crippen MR) is 78.6 cm³/mol. The standard InChI is InChI=1S/C15H24N2O2/c1-5-15(3,6-2)16-11-14(18)17-12-8-7-9-13(10-12)19-4/h7-10,16H,5-6,11H2,1-4H3,(H,17,18). The highest BCUT2D eigenvalue weighted by atomic mass is 16.5. The van der Waals surface area contributed by atoms with Gasteiger partial charge in [-0.25, -0.2) is 0 Å². The third-order valence-electron chi connectivity index (χ3n) is 3.59. The topological polar surface area (TPSA) is 50.4 Å². The van der Waals surface area contributed by atoms with Gasteiger partial charge in [-0.15, -0.1) is 0 Å². The summed E-state index contributed by atoms with van der Waals surface area (Å²) >= 11 is 0. The molecule has 0 atom stereocenters. The minimum absolute atomic E-state index is 0.0196. The van der Waals surface area contributed by atoms with E-state index >= 15 is 0 Å². The van der Waals surface area contributed by atoms with Gasteiger partial charge < -0.3 is 15.4 Å². The number of benzene rings is 1. The lowest BCUT2D eigenvalue weighted by Crippen LogP contribution is -2.45. The number of rotatable bonds is 7. The Bertz CT molecular complexity index is 414. The molecule has 4 nitrogen and oxygen atoms in total. The summed E-state index contributed by atoms with van der Waals surface area (Å²) in [6.45, 7) is 6.69. The van der Waals surface area contributed by atoms with Crippen LogP contribution in [-0.2, 0) is 4.79 Å². The maximum absolute atomic E-state index is 11.9. The second-order valence-electron chi connectivity index (χ2n) is 4.90. The molecule has 1 aromatic carbocycles. The third kappa shape index (κ3) is 4.91. The van der Waals surface area contributed by atoms with E-state index in [1.54, 1.807) is 13.2 Å². The molecule has 0 saturated heterocycles. The van der Waals surface area contributed by atoms with Crippen molar-refractivity contribution in [3.63, 3.8) is 0 Å². The zero-order valence-electron chi connectivity index (χ0n) is 12.2. The molecule has 1 rings (SSSR count). The Morgan fingerprint density at radius 3 is 2.58 bits per heavy atom. The number of anilines is 1. The van der Waals surface area contributed by atoms with Gasteiger partial charge in [0.1, 0.15) is 5.75 Å². The molecular formula is C15H24N2O2. The predicted octanol–water partition coefficient (Wildman–Crippen LogP) is 2.80. The number of carbonyl (C=O) groups excluding carboxylic acids is 1. The van der Waals surface area contributed by atoms with Crippen LogP contribution in [0.3, 0.4) is 0 Å². The average Bonchev–Trinajstić information content (AvgIpc) is 2.45. The van der Waals surface area contributed by atoms with Gasteiger partial charge in [-0.3, -0.25) is 4.79 Å². The van der Waals surface area contributed by atoms with Gasteiger partial charge in [0.05, 0.1) is 13.7 Å². The summed E-state index contributed by atoms with van der Waals surface area (Å²) < 4.78 is 5.12. The molecule has 2 N–H and O–H groups in total. The number of methoxy groups -OCH3 is 1. The number of amides is 1. The first kappa shape index (κ1) is 15.5. The van der Waals surface area contributed by atoms with Crippen LogP contribution in [0.15, 0.2) is 24.3 Å². The fraction of sp³-hybridized carbons (Fsp3) is 0.533. The molecular weight excluding hydrogens is 240 g/mol. The Balaban J connectivity index is 2.51. The first-order valence-corrected chi connectivity index (χ1v) is 6.72. The van der Waals surface area contributed by atoms with Gasteiger partial charge >= 0.3 is 0 Å². The molecule has 0 bridgehead atoms. The highest BCUT2D eigenvalue weighted by Crippen LogP contribution is 2.17. The van der Waals surface area contributed by atoms with Crippen LogP contribution in [0.4, 0.5) is 5.69 Å². The second kappa shape index (κ2) is 7.14. The molecule has 4 heteroatoms. The zero-order valence-corrected chi connectivity index (χ0v) is 12.2. The molecule has 106 valence electrons. The molecule has 0 spiro atoms. The first-order chi connectivity index (χ1) is 9.03. The number of nitrogens with one attached hydrogen (secondary N) is 2. The smallest absolute Gasteiger partial charge is 0.238 e. The molecule has 0 aromatic heterocycles. The largest absolute Gasteiger partial charge is 0.497 e. The molecule has 0 aliphatic heterocycles. The van der Waals surface area contributed by atoms with Crippen molar-refractivity contribution in [3.05, 3.63) is 24.3 Å². The lowest BCUT2D eigenvalue weighted by molar-refractivity contribution is -0.115. The summed E-state index contributed by atoms with van der Waals surface area (Å²) in [5, 5.41) is 6.16. The zero-order chi connectivity index (χ0) is 14.3. The van der Waals surface area contributed by atoms with E-state index in [1.807, 2.05) is 18.2 Å². The molecule has 0 radical (unpaired) electrons. The van der Waals surface area contributed by atoms with Gasteiger partial charge in [0.15, 0.2) is 0 Å².